The van der Waals surface area contributed by atoms with Gasteiger partial charge in [0.2, 0.25) is 5.76 Å². The number of hydrogen-bond acceptors (Lipinski definition) is 9. The molecule has 0 aliphatic carbocycles. The molecule has 12 heteroatoms. The molecule has 2 N–H and O–H groups in total. The molecular formula is C19H14N4O8. The molecule has 3 rings (SSSR count). The van der Waals surface area contributed by atoms with E-state index >= 15 is 0 Å². The van der Waals surface area contributed by atoms with Crippen LogP contribution in [0.1, 0.15) is 21.9 Å². The lowest BCUT2D eigenvalue weighted by Gasteiger charge is -2.04. The topological polar surface area (TPSA) is 173 Å². The number of carbonyl (C=O) groups excluding carboxylic acids is 1. The van der Waals surface area contributed by atoms with Gasteiger partial charge in [0.1, 0.15) is 12.4 Å². The first kappa shape index (κ1) is 21.0. The van der Waals surface area contributed by atoms with Crippen LogP contribution >= 0.6 is 0 Å². The van der Waals surface area contributed by atoms with Gasteiger partial charge in [0.05, 0.1) is 9.85 Å². The van der Waals surface area contributed by atoms with E-state index in [4.69, 9.17) is 19.7 Å². The van der Waals surface area contributed by atoms with Crippen LogP contribution in [0.15, 0.2) is 70.2 Å². The van der Waals surface area contributed by atoms with Gasteiger partial charge in [-0.2, -0.15) is 0 Å². The number of nitrogens with two attached hydrogens (primary N) is 1. The quantitative estimate of drug-likeness (QED) is 0.186. The van der Waals surface area contributed by atoms with E-state index in [1.54, 1.807) is 6.07 Å². The van der Waals surface area contributed by atoms with Crippen molar-refractivity contribution in [3.05, 3.63) is 98.0 Å². The normalized spacial score (nSPS) is 11.0. The number of oxime groups is 1. The van der Waals surface area contributed by atoms with Crippen LogP contribution in [0.3, 0.4) is 0 Å². The summed E-state index contributed by atoms with van der Waals surface area (Å²) in [4.78, 5) is 37.3. The van der Waals surface area contributed by atoms with Gasteiger partial charge in [-0.3, -0.25) is 20.2 Å². The van der Waals surface area contributed by atoms with Crippen LogP contribution < -0.4 is 10.5 Å². The summed E-state index contributed by atoms with van der Waals surface area (Å²) < 4.78 is 10.7. The SMILES string of the molecule is N/C(=N\OC(=O)c1ccc(COc2ccccc2[N+](=O)[O-])o1)c1ccc([N+](=O)[O-])cc1. The molecule has 0 spiro atoms. The molecule has 0 aliphatic heterocycles. The zero-order valence-corrected chi connectivity index (χ0v) is 15.7. The van der Waals surface area contributed by atoms with Gasteiger partial charge in [-0.25, -0.2) is 4.79 Å². The molecule has 0 aliphatic rings. The van der Waals surface area contributed by atoms with E-state index in [0.29, 0.717) is 5.56 Å². The highest BCUT2D eigenvalue weighted by atomic mass is 16.7. The minimum atomic E-state index is -0.943. The average molecular weight is 426 g/mol. The van der Waals surface area contributed by atoms with Crippen molar-refractivity contribution in [2.24, 2.45) is 10.9 Å². The Kier molecular flexibility index (Phi) is 6.21. The molecule has 3 aromatic rings. The molecule has 158 valence electrons. The highest BCUT2D eigenvalue weighted by Gasteiger charge is 2.17. The summed E-state index contributed by atoms with van der Waals surface area (Å²) in [5, 5.41) is 25.1. The summed E-state index contributed by atoms with van der Waals surface area (Å²) >= 11 is 0. The predicted molar refractivity (Wildman–Crippen MR) is 105 cm³/mol. The molecular weight excluding hydrogens is 412 g/mol. The number of hydrogen-bond donors (Lipinski definition) is 1. The maximum atomic E-state index is 12.1. The summed E-state index contributed by atoms with van der Waals surface area (Å²) in [6, 6.07) is 13.8. The molecule has 0 fully saturated rings. The van der Waals surface area contributed by atoms with Gasteiger partial charge in [0.15, 0.2) is 11.6 Å². The van der Waals surface area contributed by atoms with Gasteiger partial charge >= 0.3 is 11.7 Å². The van der Waals surface area contributed by atoms with Gasteiger partial charge in [-0.15, -0.1) is 0 Å². The highest BCUT2D eigenvalue weighted by Crippen LogP contribution is 2.27. The minimum absolute atomic E-state index is 0.0495. The van der Waals surface area contributed by atoms with Crippen LogP contribution in [0, 0.1) is 20.2 Å². The van der Waals surface area contributed by atoms with Gasteiger partial charge in [0, 0.05) is 23.8 Å². The second kappa shape index (κ2) is 9.17. The summed E-state index contributed by atoms with van der Waals surface area (Å²) in [5.41, 5.74) is 5.69. The molecule has 0 unspecified atom stereocenters. The van der Waals surface area contributed by atoms with Crippen LogP contribution in [0.2, 0.25) is 0 Å². The van der Waals surface area contributed by atoms with Crippen LogP contribution in [0.4, 0.5) is 11.4 Å². The lowest BCUT2D eigenvalue weighted by atomic mass is 10.2. The lowest BCUT2D eigenvalue weighted by Crippen LogP contribution is -2.15. The standard InChI is InChI=1S/C19H14N4O8/c20-18(12-5-7-13(8-6-12)22(25)26)21-31-19(24)17-10-9-14(30-17)11-29-16-4-2-1-3-15(16)23(27)28/h1-10H,11H2,(H2,20,21). The van der Waals surface area contributed by atoms with Crippen LogP contribution in [-0.4, -0.2) is 21.7 Å². The Morgan fingerprint density at radius 1 is 1.00 bits per heavy atom. The van der Waals surface area contributed by atoms with Crippen molar-refractivity contribution < 1.29 is 28.6 Å². The van der Waals surface area contributed by atoms with Crippen molar-refractivity contribution in [2.75, 3.05) is 0 Å². The highest BCUT2D eigenvalue weighted by molar-refractivity contribution is 5.98. The van der Waals surface area contributed by atoms with E-state index in [-0.39, 0.29) is 41.1 Å². The fourth-order valence-electron chi connectivity index (χ4n) is 2.39. The smallest absolute Gasteiger partial charge is 0.400 e. The molecule has 0 saturated carbocycles. The van der Waals surface area contributed by atoms with Crippen molar-refractivity contribution in [2.45, 2.75) is 6.61 Å². The number of amidine groups is 1. The maximum Gasteiger partial charge on any atom is 0.400 e. The fourth-order valence-corrected chi connectivity index (χ4v) is 2.39. The Morgan fingerprint density at radius 2 is 1.71 bits per heavy atom. The Morgan fingerprint density at radius 3 is 2.39 bits per heavy atom. The summed E-state index contributed by atoms with van der Waals surface area (Å²) in [5.74, 6) is -1.04. The van der Waals surface area contributed by atoms with Crippen LogP contribution in [0.5, 0.6) is 5.75 Å². The third-order valence-electron chi connectivity index (χ3n) is 3.90. The fraction of sp³-hybridized carbons (Fsp3) is 0.0526. The first-order chi connectivity index (χ1) is 14.8. The number of benzene rings is 2. The minimum Gasteiger partial charge on any atom is -0.479 e. The molecule has 1 heterocycles. The zero-order chi connectivity index (χ0) is 22.4. The van der Waals surface area contributed by atoms with Gasteiger partial charge in [0.25, 0.3) is 5.69 Å². The average Bonchev–Trinajstić information content (AvgIpc) is 3.25. The molecule has 0 atom stereocenters. The lowest BCUT2D eigenvalue weighted by molar-refractivity contribution is -0.386. The number of rotatable bonds is 8. The first-order valence-corrected chi connectivity index (χ1v) is 8.59. The second-order valence-electron chi connectivity index (χ2n) is 5.94. The monoisotopic (exact) mass is 426 g/mol. The second-order valence-corrected chi connectivity index (χ2v) is 5.94. The molecule has 1 aromatic heterocycles. The number of nitro groups is 2. The van der Waals surface area contributed by atoms with Crippen molar-refractivity contribution >= 4 is 23.2 Å². The molecule has 12 nitrogen and oxygen atoms in total. The third kappa shape index (κ3) is 5.20. The Balaban J connectivity index is 1.60. The van der Waals surface area contributed by atoms with E-state index in [1.807, 2.05) is 0 Å². The summed E-state index contributed by atoms with van der Waals surface area (Å²) in [6.07, 6.45) is 0. The van der Waals surface area contributed by atoms with Crippen molar-refractivity contribution in [3.8, 4) is 5.75 Å². The van der Waals surface area contributed by atoms with Crippen LogP contribution in [-0.2, 0) is 11.4 Å². The predicted octanol–water partition coefficient (Wildman–Crippen LogP) is 3.15. The van der Waals surface area contributed by atoms with Crippen LogP contribution in [0.25, 0.3) is 0 Å². The number of ether oxygens (including phenoxy) is 1. The van der Waals surface area contributed by atoms with E-state index in [9.17, 15) is 25.0 Å². The van der Waals surface area contributed by atoms with E-state index in [2.05, 4.69) is 5.16 Å². The third-order valence-corrected chi connectivity index (χ3v) is 3.90. The van der Waals surface area contributed by atoms with Crippen molar-refractivity contribution in [3.63, 3.8) is 0 Å². The first-order valence-electron chi connectivity index (χ1n) is 8.59. The van der Waals surface area contributed by atoms with Gasteiger partial charge in [-0.05, 0) is 30.3 Å². The molecule has 2 aromatic carbocycles. The largest absolute Gasteiger partial charge is 0.479 e. The van der Waals surface area contributed by atoms with Crippen molar-refractivity contribution in [1.82, 2.24) is 0 Å². The molecule has 0 saturated heterocycles. The number of para-hydroxylation sites is 2. The summed E-state index contributed by atoms with van der Waals surface area (Å²) in [7, 11) is 0. The number of carbonyl (C=O) groups is 1. The summed E-state index contributed by atoms with van der Waals surface area (Å²) in [6.45, 7) is -0.160. The molecule has 0 radical (unpaired) electrons. The number of furan rings is 1. The Labute approximate surface area is 173 Å². The number of nitro benzene ring substituents is 2. The van der Waals surface area contributed by atoms with Crippen molar-refractivity contribution in [1.29, 1.82) is 0 Å². The number of non-ortho nitro benzene ring substituents is 1. The van der Waals surface area contributed by atoms with E-state index in [0.717, 1.165) is 0 Å². The zero-order valence-electron chi connectivity index (χ0n) is 15.7. The molecule has 0 bridgehead atoms. The Hall–Kier alpha value is -4.74. The maximum absolute atomic E-state index is 12.1. The number of nitrogens with zero attached hydrogens (tertiary/aromatic N) is 3. The molecule has 0 amide bonds. The van der Waals surface area contributed by atoms with E-state index < -0.39 is 15.8 Å². The van der Waals surface area contributed by atoms with Gasteiger partial charge in [-0.1, -0.05) is 17.3 Å². The molecule has 31 heavy (non-hydrogen) atoms. The Bertz CT molecular complexity index is 1150. The van der Waals surface area contributed by atoms with Gasteiger partial charge < -0.3 is 19.7 Å². The van der Waals surface area contributed by atoms with E-state index in [1.165, 1.54) is 54.6 Å².